The molecule has 4 nitrogen and oxygen atoms in total. The number of benzene rings is 1. The quantitative estimate of drug-likeness (QED) is 0.807. The van der Waals surface area contributed by atoms with Gasteiger partial charge in [0, 0.05) is 20.2 Å². The van der Waals surface area contributed by atoms with Crippen molar-refractivity contribution in [2.45, 2.75) is 18.9 Å². The molecule has 0 aliphatic carbocycles. The molecule has 1 aromatic carbocycles. The second kappa shape index (κ2) is 5.68. The van der Waals surface area contributed by atoms with Crippen molar-refractivity contribution in [1.82, 2.24) is 4.90 Å². The van der Waals surface area contributed by atoms with Gasteiger partial charge in [-0.05, 0) is 25.0 Å². The lowest BCUT2D eigenvalue weighted by atomic mass is 10.2. The van der Waals surface area contributed by atoms with Gasteiger partial charge in [0.1, 0.15) is 5.75 Å². The molecule has 1 saturated heterocycles. The third kappa shape index (κ3) is 3.46. The van der Waals surface area contributed by atoms with Crippen molar-refractivity contribution in [3.63, 3.8) is 0 Å². The van der Waals surface area contributed by atoms with E-state index in [2.05, 4.69) is 0 Å². The van der Waals surface area contributed by atoms with Crippen LogP contribution in [-0.4, -0.2) is 37.3 Å². The number of carbonyl (C=O) groups excluding carboxylic acids is 1. The number of rotatable bonds is 3. The Labute approximate surface area is 101 Å². The SMILES string of the molecule is CN(CC1CCCO1)C(=O)Oc1ccccc1. The minimum atomic E-state index is -0.341. The number of carbonyl (C=O) groups is 1. The molecule has 4 heteroatoms. The van der Waals surface area contributed by atoms with Crippen LogP contribution in [0.2, 0.25) is 0 Å². The minimum absolute atomic E-state index is 0.156. The molecule has 1 atom stereocenters. The molecule has 1 aliphatic rings. The lowest BCUT2D eigenvalue weighted by molar-refractivity contribution is 0.0790. The Morgan fingerprint density at radius 1 is 1.47 bits per heavy atom. The molecule has 2 rings (SSSR count). The molecule has 0 aromatic heterocycles. The van der Waals surface area contributed by atoms with E-state index in [1.807, 2.05) is 18.2 Å². The van der Waals surface area contributed by atoms with Gasteiger partial charge in [-0.2, -0.15) is 0 Å². The Hall–Kier alpha value is -1.55. The van der Waals surface area contributed by atoms with Crippen LogP contribution < -0.4 is 4.74 Å². The highest BCUT2D eigenvalue weighted by molar-refractivity contribution is 5.70. The lowest BCUT2D eigenvalue weighted by Crippen LogP contribution is -2.35. The van der Waals surface area contributed by atoms with Crippen molar-refractivity contribution in [2.75, 3.05) is 20.2 Å². The van der Waals surface area contributed by atoms with E-state index < -0.39 is 0 Å². The predicted molar refractivity (Wildman–Crippen MR) is 64.1 cm³/mol. The minimum Gasteiger partial charge on any atom is -0.410 e. The van der Waals surface area contributed by atoms with Crippen LogP contribution in [-0.2, 0) is 4.74 Å². The first-order chi connectivity index (χ1) is 8.25. The maximum absolute atomic E-state index is 11.7. The van der Waals surface area contributed by atoms with Crippen molar-refractivity contribution in [3.8, 4) is 5.75 Å². The highest BCUT2D eigenvalue weighted by atomic mass is 16.6. The molecule has 0 N–H and O–H groups in total. The van der Waals surface area contributed by atoms with Gasteiger partial charge in [-0.3, -0.25) is 0 Å². The zero-order chi connectivity index (χ0) is 12.1. The molecule has 0 bridgehead atoms. The van der Waals surface area contributed by atoms with Gasteiger partial charge in [0.05, 0.1) is 6.10 Å². The van der Waals surface area contributed by atoms with E-state index in [-0.39, 0.29) is 12.2 Å². The average molecular weight is 235 g/mol. The maximum atomic E-state index is 11.7. The second-order valence-electron chi connectivity index (χ2n) is 4.20. The van der Waals surface area contributed by atoms with Gasteiger partial charge < -0.3 is 14.4 Å². The molecular weight excluding hydrogens is 218 g/mol. The molecule has 1 amide bonds. The summed E-state index contributed by atoms with van der Waals surface area (Å²) in [7, 11) is 1.73. The maximum Gasteiger partial charge on any atom is 0.415 e. The van der Waals surface area contributed by atoms with E-state index in [1.165, 1.54) is 0 Å². The van der Waals surface area contributed by atoms with Crippen LogP contribution in [0.3, 0.4) is 0 Å². The van der Waals surface area contributed by atoms with Crippen molar-refractivity contribution in [3.05, 3.63) is 30.3 Å². The smallest absolute Gasteiger partial charge is 0.410 e. The topological polar surface area (TPSA) is 38.8 Å². The van der Waals surface area contributed by atoms with Crippen LogP contribution >= 0.6 is 0 Å². The summed E-state index contributed by atoms with van der Waals surface area (Å²) in [5, 5.41) is 0. The van der Waals surface area contributed by atoms with Crippen LogP contribution in [0.15, 0.2) is 30.3 Å². The average Bonchev–Trinajstić information content (AvgIpc) is 2.83. The normalized spacial score (nSPS) is 19.0. The van der Waals surface area contributed by atoms with Gasteiger partial charge in [-0.15, -0.1) is 0 Å². The molecule has 92 valence electrons. The van der Waals surface area contributed by atoms with Crippen molar-refractivity contribution in [2.24, 2.45) is 0 Å². The number of ether oxygens (including phenoxy) is 2. The summed E-state index contributed by atoms with van der Waals surface area (Å²) in [5.41, 5.74) is 0. The Morgan fingerprint density at radius 2 is 2.24 bits per heavy atom. The first kappa shape index (κ1) is 11.9. The van der Waals surface area contributed by atoms with Gasteiger partial charge in [0.25, 0.3) is 0 Å². The summed E-state index contributed by atoms with van der Waals surface area (Å²) in [5.74, 6) is 0.566. The molecule has 17 heavy (non-hydrogen) atoms. The molecule has 1 heterocycles. The van der Waals surface area contributed by atoms with Gasteiger partial charge in [-0.1, -0.05) is 18.2 Å². The summed E-state index contributed by atoms with van der Waals surface area (Å²) >= 11 is 0. The molecule has 1 unspecified atom stereocenters. The van der Waals surface area contributed by atoms with Crippen molar-refractivity contribution in [1.29, 1.82) is 0 Å². The highest BCUT2D eigenvalue weighted by Crippen LogP contribution is 2.14. The zero-order valence-electron chi connectivity index (χ0n) is 9.96. The summed E-state index contributed by atoms with van der Waals surface area (Å²) < 4.78 is 10.7. The second-order valence-corrected chi connectivity index (χ2v) is 4.20. The first-order valence-electron chi connectivity index (χ1n) is 5.85. The number of para-hydroxylation sites is 1. The molecular formula is C13H17NO3. The Kier molecular flexibility index (Phi) is 3.98. The summed E-state index contributed by atoms with van der Waals surface area (Å²) in [6.07, 6.45) is 1.91. The summed E-state index contributed by atoms with van der Waals surface area (Å²) in [6, 6.07) is 9.08. The van der Waals surface area contributed by atoms with Gasteiger partial charge in [0.2, 0.25) is 0 Å². The molecule has 0 radical (unpaired) electrons. The zero-order valence-corrected chi connectivity index (χ0v) is 9.96. The number of amides is 1. The van der Waals surface area contributed by atoms with Crippen LogP contribution in [0.1, 0.15) is 12.8 Å². The monoisotopic (exact) mass is 235 g/mol. The van der Waals surface area contributed by atoms with E-state index >= 15 is 0 Å². The van der Waals surface area contributed by atoms with Crippen LogP contribution in [0.25, 0.3) is 0 Å². The Bertz CT molecular complexity index is 360. The van der Waals surface area contributed by atoms with Gasteiger partial charge in [-0.25, -0.2) is 4.79 Å². The van der Waals surface area contributed by atoms with Crippen LogP contribution in [0.5, 0.6) is 5.75 Å². The molecule has 0 saturated carbocycles. The highest BCUT2D eigenvalue weighted by Gasteiger charge is 2.20. The lowest BCUT2D eigenvalue weighted by Gasteiger charge is -2.20. The van der Waals surface area contributed by atoms with E-state index in [1.54, 1.807) is 24.1 Å². The fourth-order valence-electron chi connectivity index (χ4n) is 1.84. The largest absolute Gasteiger partial charge is 0.415 e. The first-order valence-corrected chi connectivity index (χ1v) is 5.85. The molecule has 1 fully saturated rings. The molecule has 1 aliphatic heterocycles. The van der Waals surface area contributed by atoms with E-state index in [0.717, 1.165) is 19.4 Å². The third-order valence-electron chi connectivity index (χ3n) is 2.76. The van der Waals surface area contributed by atoms with Gasteiger partial charge in [0.15, 0.2) is 0 Å². The van der Waals surface area contributed by atoms with Crippen LogP contribution in [0, 0.1) is 0 Å². The fourth-order valence-corrected chi connectivity index (χ4v) is 1.84. The van der Waals surface area contributed by atoms with E-state index in [9.17, 15) is 4.79 Å². The number of likely N-dealkylation sites (N-methyl/N-ethyl adjacent to an activating group) is 1. The standard InChI is InChI=1S/C13H17NO3/c1-14(10-12-8-5-9-16-12)13(15)17-11-6-3-2-4-7-11/h2-4,6-7,12H,5,8-10H2,1H3. The molecule has 1 aromatic rings. The fraction of sp³-hybridized carbons (Fsp3) is 0.462. The van der Waals surface area contributed by atoms with Crippen molar-refractivity contribution < 1.29 is 14.3 Å². The van der Waals surface area contributed by atoms with Gasteiger partial charge >= 0.3 is 6.09 Å². The van der Waals surface area contributed by atoms with E-state index in [0.29, 0.717) is 12.3 Å². The third-order valence-corrected chi connectivity index (χ3v) is 2.76. The van der Waals surface area contributed by atoms with Crippen molar-refractivity contribution >= 4 is 6.09 Å². The number of hydrogen-bond donors (Lipinski definition) is 0. The summed E-state index contributed by atoms with van der Waals surface area (Å²) in [4.78, 5) is 13.3. The van der Waals surface area contributed by atoms with E-state index in [4.69, 9.17) is 9.47 Å². The summed E-state index contributed by atoms with van der Waals surface area (Å²) in [6.45, 7) is 1.39. The number of hydrogen-bond acceptors (Lipinski definition) is 3. The van der Waals surface area contributed by atoms with Crippen LogP contribution in [0.4, 0.5) is 4.79 Å². The number of nitrogens with zero attached hydrogens (tertiary/aromatic N) is 1. The molecule has 0 spiro atoms. The Balaban J connectivity index is 1.82. The Morgan fingerprint density at radius 3 is 2.88 bits per heavy atom. The predicted octanol–water partition coefficient (Wildman–Crippen LogP) is 2.30.